The molecule has 0 atom stereocenters. The maximum atomic E-state index is 10.9. The van der Waals surface area contributed by atoms with Gasteiger partial charge in [-0.2, -0.15) is 0 Å². The van der Waals surface area contributed by atoms with Gasteiger partial charge in [0.25, 0.3) is 0 Å². The summed E-state index contributed by atoms with van der Waals surface area (Å²) in [6, 6.07) is 3.49. The molecule has 0 aliphatic rings. The lowest BCUT2D eigenvalue weighted by Gasteiger charge is -2.11. The van der Waals surface area contributed by atoms with Gasteiger partial charge in [0.1, 0.15) is 0 Å². The van der Waals surface area contributed by atoms with E-state index in [-0.39, 0.29) is 0 Å². The van der Waals surface area contributed by atoms with Crippen LogP contribution in [0.4, 0.5) is 0 Å². The third-order valence-corrected chi connectivity index (χ3v) is 3.28. The van der Waals surface area contributed by atoms with Crippen molar-refractivity contribution >= 4 is 37.8 Å². The minimum Gasteiger partial charge on any atom is -0.478 e. The molecule has 2 nitrogen and oxygen atoms in total. The van der Waals surface area contributed by atoms with E-state index < -0.39 is 5.97 Å². The van der Waals surface area contributed by atoms with Gasteiger partial charge < -0.3 is 5.11 Å². The van der Waals surface area contributed by atoms with Crippen LogP contribution in [0.2, 0.25) is 0 Å². The number of carbonyl (C=O) groups is 1. The summed E-state index contributed by atoms with van der Waals surface area (Å²) in [4.78, 5) is 10.9. The summed E-state index contributed by atoms with van der Waals surface area (Å²) in [5.41, 5.74) is 3.40. The van der Waals surface area contributed by atoms with E-state index >= 15 is 0 Å². The Morgan fingerprint density at radius 2 is 1.86 bits per heavy atom. The number of benzene rings is 1. The normalized spacial score (nSPS) is 10.2. The molecule has 0 aromatic heterocycles. The molecule has 0 aliphatic carbocycles. The van der Waals surface area contributed by atoms with Crippen molar-refractivity contribution in [3.05, 3.63) is 34.4 Å². The Morgan fingerprint density at radius 1 is 1.29 bits per heavy atom. The van der Waals surface area contributed by atoms with Crippen molar-refractivity contribution in [2.75, 3.05) is 0 Å². The van der Waals surface area contributed by atoms with E-state index in [1.165, 1.54) is 0 Å². The van der Waals surface area contributed by atoms with Gasteiger partial charge in [0, 0.05) is 10.7 Å². The first kappa shape index (κ1) is 11.7. The number of aryl methyl sites for hydroxylation is 1. The molecule has 4 heteroatoms. The predicted octanol–water partition coefficient (Wildman–Crippen LogP) is 3.48. The lowest BCUT2D eigenvalue weighted by Crippen LogP contribution is -2.05. The van der Waals surface area contributed by atoms with Crippen LogP contribution in [0.1, 0.15) is 27.0 Å². The van der Waals surface area contributed by atoms with Gasteiger partial charge in [-0.25, -0.2) is 4.79 Å². The molecular weight excluding hydrogens is 312 g/mol. The Morgan fingerprint density at radius 3 is 2.29 bits per heavy atom. The monoisotopic (exact) mass is 320 g/mol. The number of hydrogen-bond donors (Lipinski definition) is 1. The van der Waals surface area contributed by atoms with Crippen LogP contribution in [-0.2, 0) is 10.7 Å². The van der Waals surface area contributed by atoms with E-state index in [0.717, 1.165) is 16.7 Å². The largest absolute Gasteiger partial charge is 0.478 e. The summed E-state index contributed by atoms with van der Waals surface area (Å²) in [6.45, 7) is 1.98. The number of carboxylic acid groups (broad SMARTS) is 1. The molecule has 0 fully saturated rings. The van der Waals surface area contributed by atoms with E-state index in [1.54, 1.807) is 6.07 Å². The number of rotatable bonds is 3. The molecule has 1 rings (SSSR count). The average Bonchev–Trinajstić information content (AvgIpc) is 2.16. The molecule has 1 N–H and O–H groups in total. The van der Waals surface area contributed by atoms with Crippen LogP contribution in [-0.4, -0.2) is 11.1 Å². The second-order valence-electron chi connectivity index (χ2n) is 2.96. The van der Waals surface area contributed by atoms with E-state index in [1.807, 2.05) is 13.0 Å². The van der Waals surface area contributed by atoms with Crippen LogP contribution >= 0.6 is 31.9 Å². The van der Waals surface area contributed by atoms with Crippen molar-refractivity contribution in [3.63, 3.8) is 0 Å². The van der Waals surface area contributed by atoms with Crippen molar-refractivity contribution < 1.29 is 9.90 Å². The van der Waals surface area contributed by atoms with Crippen LogP contribution in [0, 0.1) is 6.92 Å². The van der Waals surface area contributed by atoms with Gasteiger partial charge in [-0.1, -0.05) is 37.9 Å². The standard InChI is InChI=1S/C10H10Br2O2/c1-6-2-3-7(10(13)14)9(5-12)8(6)4-11/h2-3H,4-5H2,1H3,(H,13,14). The molecule has 0 radical (unpaired) electrons. The maximum absolute atomic E-state index is 10.9. The highest BCUT2D eigenvalue weighted by Crippen LogP contribution is 2.24. The molecule has 1 aromatic carbocycles. The van der Waals surface area contributed by atoms with E-state index in [9.17, 15) is 4.79 Å². The Labute approximate surface area is 99.6 Å². The van der Waals surface area contributed by atoms with Crippen molar-refractivity contribution in [1.82, 2.24) is 0 Å². The van der Waals surface area contributed by atoms with Gasteiger partial charge in [-0.3, -0.25) is 0 Å². The number of alkyl halides is 2. The Kier molecular flexibility index (Phi) is 4.13. The fraction of sp³-hybridized carbons (Fsp3) is 0.300. The molecule has 0 saturated carbocycles. The summed E-state index contributed by atoms with van der Waals surface area (Å²) in [6.07, 6.45) is 0. The minimum absolute atomic E-state index is 0.377. The molecule has 0 heterocycles. The van der Waals surface area contributed by atoms with Crippen molar-refractivity contribution in [3.8, 4) is 0 Å². The van der Waals surface area contributed by atoms with Crippen molar-refractivity contribution in [2.24, 2.45) is 0 Å². The maximum Gasteiger partial charge on any atom is 0.336 e. The summed E-state index contributed by atoms with van der Waals surface area (Å²) in [7, 11) is 0. The Bertz CT molecular complexity index is 361. The molecule has 0 unspecified atom stereocenters. The highest BCUT2D eigenvalue weighted by atomic mass is 79.9. The highest BCUT2D eigenvalue weighted by molar-refractivity contribution is 9.09. The molecule has 76 valence electrons. The van der Waals surface area contributed by atoms with E-state index in [4.69, 9.17) is 5.11 Å². The van der Waals surface area contributed by atoms with Crippen LogP contribution < -0.4 is 0 Å². The zero-order chi connectivity index (χ0) is 10.7. The second kappa shape index (κ2) is 4.94. The highest BCUT2D eigenvalue weighted by Gasteiger charge is 2.13. The molecule has 0 saturated heterocycles. The summed E-state index contributed by atoms with van der Waals surface area (Å²) >= 11 is 6.69. The van der Waals surface area contributed by atoms with E-state index in [0.29, 0.717) is 16.2 Å². The number of carboxylic acids is 1. The second-order valence-corrected chi connectivity index (χ2v) is 4.08. The molecule has 1 aromatic rings. The number of aromatic carboxylic acids is 1. The average molecular weight is 322 g/mol. The quantitative estimate of drug-likeness (QED) is 0.865. The lowest BCUT2D eigenvalue weighted by molar-refractivity contribution is 0.0696. The van der Waals surface area contributed by atoms with Gasteiger partial charge in [0.15, 0.2) is 0 Å². The Balaban J connectivity index is 3.40. The smallest absolute Gasteiger partial charge is 0.336 e. The molecule has 0 amide bonds. The topological polar surface area (TPSA) is 37.3 Å². The lowest BCUT2D eigenvalue weighted by atomic mass is 9.99. The first-order chi connectivity index (χ1) is 6.61. The third kappa shape index (κ3) is 2.17. The van der Waals surface area contributed by atoms with Crippen LogP contribution in [0.15, 0.2) is 12.1 Å². The van der Waals surface area contributed by atoms with Crippen molar-refractivity contribution in [1.29, 1.82) is 0 Å². The zero-order valence-electron chi connectivity index (χ0n) is 7.68. The van der Waals surface area contributed by atoms with Gasteiger partial charge in [0.05, 0.1) is 5.56 Å². The number of halogens is 2. The SMILES string of the molecule is Cc1ccc(C(=O)O)c(CBr)c1CBr. The van der Waals surface area contributed by atoms with Gasteiger partial charge in [-0.15, -0.1) is 0 Å². The summed E-state index contributed by atoms with van der Waals surface area (Å²) < 4.78 is 0. The summed E-state index contributed by atoms with van der Waals surface area (Å²) in [5, 5.41) is 10.2. The predicted molar refractivity (Wildman–Crippen MR) is 63.4 cm³/mol. The van der Waals surface area contributed by atoms with Gasteiger partial charge >= 0.3 is 5.97 Å². The molecule has 0 aliphatic heterocycles. The molecule has 0 bridgehead atoms. The number of hydrogen-bond acceptors (Lipinski definition) is 1. The third-order valence-electron chi connectivity index (χ3n) is 2.16. The molecular formula is C10H10Br2O2. The fourth-order valence-corrected chi connectivity index (χ4v) is 2.77. The van der Waals surface area contributed by atoms with E-state index in [2.05, 4.69) is 31.9 Å². The summed E-state index contributed by atoms with van der Waals surface area (Å²) in [5.74, 6) is -0.873. The molecule has 14 heavy (non-hydrogen) atoms. The first-order valence-corrected chi connectivity index (χ1v) is 6.32. The van der Waals surface area contributed by atoms with Gasteiger partial charge in [0.2, 0.25) is 0 Å². The Hall–Kier alpha value is -0.350. The minimum atomic E-state index is -0.873. The zero-order valence-corrected chi connectivity index (χ0v) is 10.9. The van der Waals surface area contributed by atoms with Crippen LogP contribution in [0.5, 0.6) is 0 Å². The van der Waals surface area contributed by atoms with Gasteiger partial charge in [-0.05, 0) is 29.7 Å². The molecule has 0 spiro atoms. The fourth-order valence-electron chi connectivity index (χ4n) is 1.35. The van der Waals surface area contributed by atoms with Crippen LogP contribution in [0.25, 0.3) is 0 Å². The first-order valence-electron chi connectivity index (χ1n) is 4.08. The van der Waals surface area contributed by atoms with Crippen LogP contribution in [0.3, 0.4) is 0 Å². The van der Waals surface area contributed by atoms with Crippen molar-refractivity contribution in [2.45, 2.75) is 17.6 Å².